The van der Waals surface area contributed by atoms with E-state index in [0.717, 1.165) is 19.5 Å². The van der Waals surface area contributed by atoms with Crippen molar-refractivity contribution in [1.82, 2.24) is 5.32 Å². The van der Waals surface area contributed by atoms with Gasteiger partial charge < -0.3 is 10.1 Å². The summed E-state index contributed by atoms with van der Waals surface area (Å²) in [4.78, 5) is 1.43. The average Bonchev–Trinajstić information content (AvgIpc) is 2.44. The molecule has 2 heterocycles. The van der Waals surface area contributed by atoms with E-state index in [9.17, 15) is 0 Å². The van der Waals surface area contributed by atoms with E-state index in [-0.39, 0.29) is 5.60 Å². The van der Waals surface area contributed by atoms with E-state index < -0.39 is 0 Å². The van der Waals surface area contributed by atoms with E-state index in [2.05, 4.69) is 23.7 Å². The van der Waals surface area contributed by atoms with Crippen molar-refractivity contribution < 1.29 is 4.74 Å². The van der Waals surface area contributed by atoms with Crippen LogP contribution in [0.4, 0.5) is 0 Å². The molecule has 0 saturated carbocycles. The van der Waals surface area contributed by atoms with Crippen LogP contribution in [0.15, 0.2) is 11.4 Å². The molecule has 1 aromatic rings. The van der Waals surface area contributed by atoms with Crippen LogP contribution in [0.1, 0.15) is 10.4 Å². The van der Waals surface area contributed by atoms with Gasteiger partial charge in [-0.1, -0.05) is 0 Å². The molecule has 72 valence electrons. The van der Waals surface area contributed by atoms with Crippen molar-refractivity contribution in [2.75, 3.05) is 20.2 Å². The first-order valence-corrected chi connectivity index (χ1v) is 5.42. The Morgan fingerprint density at radius 2 is 2.38 bits per heavy atom. The van der Waals surface area contributed by atoms with Gasteiger partial charge in [0, 0.05) is 31.5 Å². The third-order valence-electron chi connectivity index (χ3n) is 2.61. The largest absolute Gasteiger partial charge is 0.375 e. The highest BCUT2D eigenvalue weighted by Crippen LogP contribution is 2.25. The van der Waals surface area contributed by atoms with Crippen LogP contribution in [0.2, 0.25) is 0 Å². The Balaban J connectivity index is 2.04. The maximum absolute atomic E-state index is 5.53. The summed E-state index contributed by atoms with van der Waals surface area (Å²) in [6.45, 7) is 4.11. The minimum absolute atomic E-state index is 0.0806. The highest BCUT2D eigenvalue weighted by Gasteiger charge is 2.37. The van der Waals surface area contributed by atoms with Crippen LogP contribution in [0.3, 0.4) is 0 Å². The van der Waals surface area contributed by atoms with E-state index in [1.807, 2.05) is 11.3 Å². The molecule has 0 aromatic carbocycles. The molecule has 0 radical (unpaired) electrons. The van der Waals surface area contributed by atoms with Gasteiger partial charge >= 0.3 is 0 Å². The van der Waals surface area contributed by atoms with Gasteiger partial charge in [-0.2, -0.15) is 0 Å². The molecule has 0 aliphatic carbocycles. The Bertz CT molecular complexity index is 285. The first-order valence-electron chi connectivity index (χ1n) is 4.54. The molecule has 13 heavy (non-hydrogen) atoms. The van der Waals surface area contributed by atoms with Gasteiger partial charge in [0.15, 0.2) is 0 Å². The average molecular weight is 197 g/mol. The fourth-order valence-corrected chi connectivity index (χ4v) is 2.65. The minimum atomic E-state index is 0.0806. The normalized spacial score (nSPS) is 19.8. The van der Waals surface area contributed by atoms with Crippen molar-refractivity contribution in [2.45, 2.75) is 18.9 Å². The molecular formula is C10H15NOS. The lowest BCUT2D eigenvalue weighted by Gasteiger charge is -2.41. The number of hydrogen-bond acceptors (Lipinski definition) is 3. The van der Waals surface area contributed by atoms with Crippen molar-refractivity contribution in [3.63, 3.8) is 0 Å². The first kappa shape index (κ1) is 9.19. The zero-order chi connectivity index (χ0) is 9.31. The summed E-state index contributed by atoms with van der Waals surface area (Å²) < 4.78 is 5.53. The number of hydrogen-bond donors (Lipinski definition) is 1. The van der Waals surface area contributed by atoms with Gasteiger partial charge in [-0.3, -0.25) is 0 Å². The van der Waals surface area contributed by atoms with Crippen LogP contribution < -0.4 is 5.32 Å². The summed E-state index contributed by atoms with van der Waals surface area (Å²) in [5.74, 6) is 0. The molecule has 0 atom stereocenters. The fourth-order valence-electron chi connectivity index (χ4n) is 1.65. The second-order valence-corrected chi connectivity index (χ2v) is 4.75. The van der Waals surface area contributed by atoms with E-state index >= 15 is 0 Å². The summed E-state index contributed by atoms with van der Waals surface area (Å²) in [6.07, 6.45) is 1.05. The van der Waals surface area contributed by atoms with Crippen LogP contribution in [-0.2, 0) is 11.2 Å². The predicted octanol–water partition coefficient (Wildman–Crippen LogP) is 1.59. The molecule has 1 saturated heterocycles. The second kappa shape index (κ2) is 3.40. The molecule has 0 amide bonds. The van der Waals surface area contributed by atoms with Crippen molar-refractivity contribution in [1.29, 1.82) is 0 Å². The molecule has 3 heteroatoms. The van der Waals surface area contributed by atoms with Crippen molar-refractivity contribution in [2.24, 2.45) is 0 Å². The molecule has 0 spiro atoms. The van der Waals surface area contributed by atoms with E-state index in [0.29, 0.717) is 0 Å². The second-order valence-electron chi connectivity index (χ2n) is 3.76. The standard InChI is InChI=1S/C10H15NOS/c1-8-3-9(13-5-8)4-10(12-2)6-11-7-10/h3,5,11H,4,6-7H2,1-2H3. The van der Waals surface area contributed by atoms with Gasteiger partial charge in [-0.05, 0) is 23.9 Å². The zero-order valence-corrected chi connectivity index (χ0v) is 8.91. The van der Waals surface area contributed by atoms with Crippen LogP contribution >= 0.6 is 11.3 Å². The van der Waals surface area contributed by atoms with Gasteiger partial charge in [0.25, 0.3) is 0 Å². The summed E-state index contributed by atoms with van der Waals surface area (Å²) in [5.41, 5.74) is 1.44. The monoisotopic (exact) mass is 197 g/mol. The molecule has 1 aliphatic heterocycles. The minimum Gasteiger partial charge on any atom is -0.375 e. The number of nitrogens with one attached hydrogen (secondary N) is 1. The quantitative estimate of drug-likeness (QED) is 0.794. The summed E-state index contributed by atoms with van der Waals surface area (Å²) >= 11 is 1.83. The Hall–Kier alpha value is -0.380. The highest BCUT2D eigenvalue weighted by atomic mass is 32.1. The van der Waals surface area contributed by atoms with Gasteiger partial charge in [0.2, 0.25) is 0 Å². The number of methoxy groups -OCH3 is 1. The molecule has 0 unspecified atom stereocenters. The Labute approximate surface area is 82.9 Å². The van der Waals surface area contributed by atoms with Crippen LogP contribution in [0.5, 0.6) is 0 Å². The molecule has 2 nitrogen and oxygen atoms in total. The van der Waals surface area contributed by atoms with Crippen molar-refractivity contribution >= 4 is 11.3 Å². The van der Waals surface area contributed by atoms with Gasteiger partial charge in [-0.15, -0.1) is 11.3 Å². The van der Waals surface area contributed by atoms with Crippen molar-refractivity contribution in [3.05, 3.63) is 21.9 Å². The Morgan fingerprint density at radius 3 is 2.77 bits per heavy atom. The third kappa shape index (κ3) is 1.77. The highest BCUT2D eigenvalue weighted by molar-refractivity contribution is 7.10. The van der Waals surface area contributed by atoms with Crippen molar-refractivity contribution in [3.8, 4) is 0 Å². The Morgan fingerprint density at radius 1 is 1.62 bits per heavy atom. The molecule has 0 bridgehead atoms. The number of aryl methyl sites for hydroxylation is 1. The Kier molecular flexibility index (Phi) is 2.41. The molecule has 1 fully saturated rings. The maximum atomic E-state index is 5.53. The maximum Gasteiger partial charge on any atom is 0.0973 e. The fraction of sp³-hybridized carbons (Fsp3) is 0.600. The topological polar surface area (TPSA) is 21.3 Å². The van der Waals surface area contributed by atoms with Crippen LogP contribution in [0.25, 0.3) is 0 Å². The zero-order valence-electron chi connectivity index (χ0n) is 8.09. The lowest BCUT2D eigenvalue weighted by Crippen LogP contribution is -2.61. The number of thiophene rings is 1. The van der Waals surface area contributed by atoms with Crippen LogP contribution in [0, 0.1) is 6.92 Å². The molecular weight excluding hydrogens is 182 g/mol. The SMILES string of the molecule is COC1(Cc2cc(C)cs2)CNC1. The summed E-state index contributed by atoms with van der Waals surface area (Å²) in [7, 11) is 1.81. The number of rotatable bonds is 3. The van der Waals surface area contributed by atoms with E-state index in [1.54, 1.807) is 7.11 Å². The summed E-state index contributed by atoms with van der Waals surface area (Å²) in [6, 6.07) is 2.25. The molecule has 1 aliphatic rings. The molecule has 2 rings (SSSR count). The van der Waals surface area contributed by atoms with Gasteiger partial charge in [-0.25, -0.2) is 0 Å². The third-order valence-corrected chi connectivity index (χ3v) is 3.66. The molecule has 1 N–H and O–H groups in total. The van der Waals surface area contributed by atoms with E-state index in [1.165, 1.54) is 10.4 Å². The summed E-state index contributed by atoms with van der Waals surface area (Å²) in [5, 5.41) is 5.46. The van der Waals surface area contributed by atoms with Gasteiger partial charge in [0.1, 0.15) is 0 Å². The van der Waals surface area contributed by atoms with E-state index in [4.69, 9.17) is 4.74 Å². The smallest absolute Gasteiger partial charge is 0.0973 e. The number of ether oxygens (including phenoxy) is 1. The van der Waals surface area contributed by atoms with Crippen LogP contribution in [-0.4, -0.2) is 25.8 Å². The lowest BCUT2D eigenvalue weighted by atomic mass is 9.92. The van der Waals surface area contributed by atoms with Gasteiger partial charge in [0.05, 0.1) is 5.60 Å². The molecule has 1 aromatic heterocycles. The first-order chi connectivity index (χ1) is 6.24. The lowest BCUT2D eigenvalue weighted by molar-refractivity contribution is -0.0496. The predicted molar refractivity (Wildman–Crippen MR) is 55.4 cm³/mol.